The second-order valence-corrected chi connectivity index (χ2v) is 4.68. The fraction of sp³-hybridized carbons (Fsp3) is 0.200. The van der Waals surface area contributed by atoms with Crippen molar-refractivity contribution in [3.05, 3.63) is 65.2 Å². The van der Waals surface area contributed by atoms with Crippen molar-refractivity contribution in [2.24, 2.45) is 10.9 Å². The van der Waals surface area contributed by atoms with E-state index >= 15 is 0 Å². The van der Waals surface area contributed by atoms with Crippen molar-refractivity contribution in [1.82, 2.24) is 10.3 Å². The maximum atomic E-state index is 13.3. The van der Waals surface area contributed by atoms with E-state index in [1.807, 2.05) is 19.1 Å². The highest BCUT2D eigenvalue weighted by Gasteiger charge is 2.11. The molecule has 0 fully saturated rings. The molecule has 5 nitrogen and oxygen atoms in total. The van der Waals surface area contributed by atoms with Gasteiger partial charge in [0.25, 0.3) is 0 Å². The standard InChI is InChI=1S/C15H17FN4O/c1-10(11-3-2-6-18-8-11)19-9-12-4-5-13(16)7-14(12)15(17)20-21/h2-8,10,19,21H,9H2,1H3,(H2,17,20). The van der Waals surface area contributed by atoms with Gasteiger partial charge in [-0.2, -0.15) is 0 Å². The number of aromatic nitrogens is 1. The molecule has 0 radical (unpaired) electrons. The minimum atomic E-state index is -0.430. The first-order chi connectivity index (χ1) is 10.1. The Morgan fingerprint density at radius 1 is 1.48 bits per heavy atom. The van der Waals surface area contributed by atoms with Gasteiger partial charge in [-0.25, -0.2) is 4.39 Å². The predicted molar refractivity (Wildman–Crippen MR) is 78.4 cm³/mol. The van der Waals surface area contributed by atoms with Crippen molar-refractivity contribution >= 4 is 5.84 Å². The fourth-order valence-electron chi connectivity index (χ4n) is 2.01. The van der Waals surface area contributed by atoms with Crippen molar-refractivity contribution in [3.63, 3.8) is 0 Å². The van der Waals surface area contributed by atoms with Gasteiger partial charge in [0.05, 0.1) is 0 Å². The summed E-state index contributed by atoms with van der Waals surface area (Å²) in [7, 11) is 0. The SMILES string of the molecule is CC(NCc1ccc(F)cc1C(N)=NO)c1cccnc1. The summed E-state index contributed by atoms with van der Waals surface area (Å²) < 4.78 is 13.3. The minimum absolute atomic E-state index is 0.0730. The number of pyridine rings is 1. The van der Waals surface area contributed by atoms with Crippen LogP contribution in [0.3, 0.4) is 0 Å². The maximum absolute atomic E-state index is 13.3. The molecule has 0 aliphatic heterocycles. The summed E-state index contributed by atoms with van der Waals surface area (Å²) in [6, 6.07) is 8.13. The lowest BCUT2D eigenvalue weighted by molar-refractivity contribution is 0.318. The molecule has 6 heteroatoms. The Morgan fingerprint density at radius 3 is 2.95 bits per heavy atom. The molecule has 1 atom stereocenters. The normalized spacial score (nSPS) is 13.1. The van der Waals surface area contributed by atoms with Crippen LogP contribution in [0, 0.1) is 5.82 Å². The van der Waals surface area contributed by atoms with E-state index in [9.17, 15) is 4.39 Å². The summed E-state index contributed by atoms with van der Waals surface area (Å²) in [5, 5.41) is 15.0. The molecule has 0 saturated heterocycles. The Balaban J connectivity index is 2.13. The van der Waals surface area contributed by atoms with Gasteiger partial charge in [-0.15, -0.1) is 0 Å². The van der Waals surface area contributed by atoms with Crippen LogP contribution < -0.4 is 11.1 Å². The first-order valence-corrected chi connectivity index (χ1v) is 6.51. The summed E-state index contributed by atoms with van der Waals surface area (Å²) >= 11 is 0. The Kier molecular flexibility index (Phi) is 4.84. The van der Waals surface area contributed by atoms with Crippen LogP contribution in [0.4, 0.5) is 4.39 Å². The van der Waals surface area contributed by atoms with Crippen molar-refractivity contribution in [2.45, 2.75) is 19.5 Å². The average molecular weight is 288 g/mol. The van der Waals surface area contributed by atoms with Crippen molar-refractivity contribution in [1.29, 1.82) is 0 Å². The van der Waals surface area contributed by atoms with Gasteiger partial charge in [0.15, 0.2) is 5.84 Å². The van der Waals surface area contributed by atoms with E-state index in [1.54, 1.807) is 18.5 Å². The highest BCUT2D eigenvalue weighted by atomic mass is 19.1. The number of hydrogen-bond donors (Lipinski definition) is 3. The molecule has 2 rings (SSSR count). The van der Waals surface area contributed by atoms with Gasteiger partial charge < -0.3 is 16.3 Å². The molecule has 4 N–H and O–H groups in total. The van der Waals surface area contributed by atoms with Crippen LogP contribution in [0.15, 0.2) is 47.9 Å². The van der Waals surface area contributed by atoms with Gasteiger partial charge in [0.1, 0.15) is 5.82 Å². The van der Waals surface area contributed by atoms with E-state index in [1.165, 1.54) is 12.1 Å². The van der Waals surface area contributed by atoms with Crippen LogP contribution in [0.5, 0.6) is 0 Å². The molecule has 0 bridgehead atoms. The van der Waals surface area contributed by atoms with Gasteiger partial charge in [-0.1, -0.05) is 17.3 Å². The van der Waals surface area contributed by atoms with Crippen LogP contribution >= 0.6 is 0 Å². The molecular weight excluding hydrogens is 271 g/mol. The van der Waals surface area contributed by atoms with Gasteiger partial charge in [-0.05, 0) is 36.2 Å². The van der Waals surface area contributed by atoms with E-state index in [0.29, 0.717) is 12.1 Å². The molecular formula is C15H17FN4O. The first kappa shape index (κ1) is 14.9. The number of rotatable bonds is 5. The number of amidine groups is 1. The lowest BCUT2D eigenvalue weighted by Crippen LogP contribution is -2.22. The van der Waals surface area contributed by atoms with Crippen molar-refractivity contribution in [2.75, 3.05) is 0 Å². The quantitative estimate of drug-likeness (QED) is 0.341. The molecule has 110 valence electrons. The third kappa shape index (κ3) is 3.76. The average Bonchev–Trinajstić information content (AvgIpc) is 2.53. The van der Waals surface area contributed by atoms with Gasteiger partial charge in [0.2, 0.25) is 0 Å². The Bertz CT molecular complexity index is 631. The van der Waals surface area contributed by atoms with E-state index in [2.05, 4.69) is 15.5 Å². The maximum Gasteiger partial charge on any atom is 0.170 e. The molecule has 1 unspecified atom stereocenters. The summed E-state index contributed by atoms with van der Waals surface area (Å²) in [5.74, 6) is -0.541. The largest absolute Gasteiger partial charge is 0.409 e. The minimum Gasteiger partial charge on any atom is -0.409 e. The summed E-state index contributed by atoms with van der Waals surface area (Å²) in [6.45, 7) is 2.46. The Morgan fingerprint density at radius 2 is 2.29 bits per heavy atom. The van der Waals surface area contributed by atoms with Gasteiger partial charge in [0, 0.05) is 30.5 Å². The lowest BCUT2D eigenvalue weighted by atomic mass is 10.1. The molecule has 1 aromatic heterocycles. The second-order valence-electron chi connectivity index (χ2n) is 4.68. The van der Waals surface area contributed by atoms with Crippen LogP contribution in [-0.4, -0.2) is 16.0 Å². The molecule has 2 aromatic rings. The molecule has 0 saturated carbocycles. The predicted octanol–water partition coefficient (Wildman–Crippen LogP) is 2.17. The van der Waals surface area contributed by atoms with Crippen molar-refractivity contribution in [3.8, 4) is 0 Å². The molecule has 1 heterocycles. The van der Waals surface area contributed by atoms with Crippen LogP contribution in [-0.2, 0) is 6.54 Å². The second kappa shape index (κ2) is 6.81. The lowest BCUT2D eigenvalue weighted by Gasteiger charge is -2.15. The number of benzene rings is 1. The molecule has 0 amide bonds. The number of halogens is 1. The van der Waals surface area contributed by atoms with Crippen LogP contribution in [0.2, 0.25) is 0 Å². The molecule has 0 spiro atoms. The van der Waals surface area contributed by atoms with Crippen LogP contribution in [0.1, 0.15) is 29.7 Å². The molecule has 0 aliphatic rings. The molecule has 21 heavy (non-hydrogen) atoms. The molecule has 1 aromatic carbocycles. The van der Waals surface area contributed by atoms with Gasteiger partial charge >= 0.3 is 0 Å². The Hall–Kier alpha value is -2.47. The number of nitrogens with two attached hydrogens (primary N) is 1. The van der Waals surface area contributed by atoms with E-state index < -0.39 is 5.82 Å². The van der Waals surface area contributed by atoms with Crippen molar-refractivity contribution < 1.29 is 9.60 Å². The fourth-order valence-corrected chi connectivity index (χ4v) is 2.01. The Labute approximate surface area is 122 Å². The zero-order valence-corrected chi connectivity index (χ0v) is 11.6. The number of hydrogen-bond acceptors (Lipinski definition) is 4. The summed E-state index contributed by atoms with van der Waals surface area (Å²) in [4.78, 5) is 4.07. The topological polar surface area (TPSA) is 83.5 Å². The number of nitrogens with zero attached hydrogens (tertiary/aromatic N) is 2. The summed E-state index contributed by atoms with van der Waals surface area (Å²) in [5.41, 5.74) is 7.75. The summed E-state index contributed by atoms with van der Waals surface area (Å²) in [6.07, 6.45) is 3.50. The smallest absolute Gasteiger partial charge is 0.170 e. The highest BCUT2D eigenvalue weighted by Crippen LogP contribution is 2.15. The number of oxime groups is 1. The molecule has 0 aliphatic carbocycles. The van der Waals surface area contributed by atoms with Gasteiger partial charge in [-0.3, -0.25) is 4.98 Å². The van der Waals surface area contributed by atoms with E-state index in [-0.39, 0.29) is 11.9 Å². The third-order valence-corrected chi connectivity index (χ3v) is 3.24. The zero-order chi connectivity index (χ0) is 15.2. The van der Waals surface area contributed by atoms with Crippen LogP contribution in [0.25, 0.3) is 0 Å². The zero-order valence-electron chi connectivity index (χ0n) is 11.6. The van der Waals surface area contributed by atoms with E-state index in [0.717, 1.165) is 11.1 Å². The third-order valence-electron chi connectivity index (χ3n) is 3.24. The number of nitrogens with one attached hydrogen (secondary N) is 1. The highest BCUT2D eigenvalue weighted by molar-refractivity contribution is 5.98. The monoisotopic (exact) mass is 288 g/mol. The first-order valence-electron chi connectivity index (χ1n) is 6.51. The van der Waals surface area contributed by atoms with E-state index in [4.69, 9.17) is 10.9 Å².